The van der Waals surface area contributed by atoms with Crippen LogP contribution in [0.1, 0.15) is 36.7 Å². The van der Waals surface area contributed by atoms with E-state index in [1.807, 2.05) is 32.9 Å². The molecule has 4 heterocycles. The smallest absolute Gasteiger partial charge is 0.410 e. The van der Waals surface area contributed by atoms with Gasteiger partial charge >= 0.3 is 12.1 Å². The first kappa shape index (κ1) is 30.9. The van der Waals surface area contributed by atoms with Gasteiger partial charge in [0.15, 0.2) is 0 Å². The van der Waals surface area contributed by atoms with Gasteiger partial charge in [-0.15, -0.1) is 0 Å². The van der Waals surface area contributed by atoms with Gasteiger partial charge in [0.05, 0.1) is 23.9 Å². The number of aromatic carboxylic acids is 1. The molecule has 3 aromatic heterocycles. The second kappa shape index (κ2) is 13.4. The van der Waals surface area contributed by atoms with Crippen LogP contribution in [-0.2, 0) is 16.0 Å². The Morgan fingerprint density at radius 1 is 0.911 bits per heavy atom. The van der Waals surface area contributed by atoms with Crippen LogP contribution in [0.2, 0.25) is 0 Å². The summed E-state index contributed by atoms with van der Waals surface area (Å²) in [6.45, 7) is 7.73. The molecule has 0 bridgehead atoms. The molecular formula is C32H34N8O5. The van der Waals surface area contributed by atoms with E-state index in [0.717, 1.165) is 11.4 Å². The summed E-state index contributed by atoms with van der Waals surface area (Å²) in [5.41, 5.74) is 2.13. The molecule has 0 saturated carbocycles. The number of benzene rings is 1. The maximum absolute atomic E-state index is 13.0. The van der Waals surface area contributed by atoms with Gasteiger partial charge in [-0.1, -0.05) is 12.1 Å². The lowest BCUT2D eigenvalue weighted by atomic mass is 10.1. The van der Waals surface area contributed by atoms with Crippen molar-refractivity contribution in [2.75, 3.05) is 41.7 Å². The minimum absolute atomic E-state index is 0.0547. The van der Waals surface area contributed by atoms with E-state index >= 15 is 0 Å². The lowest BCUT2D eigenvalue weighted by molar-refractivity contribution is -0.115. The molecule has 45 heavy (non-hydrogen) atoms. The number of aromatic nitrogens is 4. The third-order valence-electron chi connectivity index (χ3n) is 6.79. The molecule has 1 aliphatic heterocycles. The first-order chi connectivity index (χ1) is 21.5. The minimum Gasteiger partial charge on any atom is -0.478 e. The highest BCUT2D eigenvalue weighted by molar-refractivity contribution is 5.94. The number of anilines is 4. The van der Waals surface area contributed by atoms with Crippen molar-refractivity contribution in [3.63, 3.8) is 0 Å². The molecule has 2 amide bonds. The van der Waals surface area contributed by atoms with Crippen LogP contribution >= 0.6 is 0 Å². The molecule has 1 saturated heterocycles. The number of carbonyl (C=O) groups excluding carboxylic acids is 2. The predicted molar refractivity (Wildman–Crippen MR) is 169 cm³/mol. The van der Waals surface area contributed by atoms with Crippen molar-refractivity contribution >= 4 is 41.1 Å². The van der Waals surface area contributed by atoms with Gasteiger partial charge in [0.2, 0.25) is 5.91 Å². The quantitative estimate of drug-likeness (QED) is 0.255. The normalized spacial score (nSPS) is 13.2. The zero-order valence-corrected chi connectivity index (χ0v) is 25.2. The zero-order chi connectivity index (χ0) is 32.0. The van der Waals surface area contributed by atoms with E-state index in [1.54, 1.807) is 54.0 Å². The van der Waals surface area contributed by atoms with E-state index in [0.29, 0.717) is 54.8 Å². The van der Waals surface area contributed by atoms with Gasteiger partial charge in [-0.25, -0.2) is 24.5 Å². The standard InChI is InChI=1S/C32H34N8O5/c1-32(2,3)45-31(44)40-14-12-39(13-15-40)28-17-23(8-9-35-28)25-18-24(19-26(37-25)38-27-20-33-10-11-34-27)36-29(41)16-21-4-6-22(7-5-21)30(42)43/h4-11,17-20H,12-16H2,1-3H3,(H,42,43)(H2,34,36,37,38,41). The molecular weight excluding hydrogens is 576 g/mol. The third kappa shape index (κ3) is 8.50. The van der Waals surface area contributed by atoms with E-state index in [4.69, 9.17) is 14.8 Å². The van der Waals surface area contributed by atoms with Crippen molar-refractivity contribution in [1.29, 1.82) is 0 Å². The number of hydrogen-bond acceptors (Lipinski definition) is 10. The number of nitrogens with zero attached hydrogens (tertiary/aromatic N) is 6. The number of amides is 2. The summed E-state index contributed by atoms with van der Waals surface area (Å²) >= 11 is 0. The Bertz CT molecular complexity index is 1670. The van der Waals surface area contributed by atoms with Crippen LogP contribution in [0.15, 0.2) is 73.3 Å². The van der Waals surface area contributed by atoms with Crippen LogP contribution in [0.25, 0.3) is 11.3 Å². The zero-order valence-electron chi connectivity index (χ0n) is 25.2. The van der Waals surface area contributed by atoms with Crippen LogP contribution in [-0.4, -0.2) is 79.7 Å². The number of rotatable bonds is 8. The van der Waals surface area contributed by atoms with E-state index in [9.17, 15) is 14.4 Å². The molecule has 13 heteroatoms. The highest BCUT2D eigenvalue weighted by Gasteiger charge is 2.26. The molecule has 0 unspecified atom stereocenters. The number of piperazine rings is 1. The maximum atomic E-state index is 13.0. The summed E-state index contributed by atoms with van der Waals surface area (Å²) in [6.07, 6.45) is 6.12. The molecule has 0 spiro atoms. The number of nitrogens with one attached hydrogen (secondary N) is 2. The van der Waals surface area contributed by atoms with Crippen molar-refractivity contribution in [2.45, 2.75) is 32.8 Å². The van der Waals surface area contributed by atoms with Crippen molar-refractivity contribution in [3.05, 3.63) is 84.4 Å². The Hall–Kier alpha value is -5.59. The molecule has 1 fully saturated rings. The molecule has 1 aromatic carbocycles. The largest absolute Gasteiger partial charge is 0.478 e. The number of carboxylic acid groups (broad SMARTS) is 1. The summed E-state index contributed by atoms with van der Waals surface area (Å²) in [4.78, 5) is 58.1. The van der Waals surface area contributed by atoms with Crippen LogP contribution < -0.4 is 15.5 Å². The van der Waals surface area contributed by atoms with Crippen molar-refractivity contribution in [2.24, 2.45) is 0 Å². The Kier molecular flexibility index (Phi) is 9.17. The highest BCUT2D eigenvalue weighted by Crippen LogP contribution is 2.28. The van der Waals surface area contributed by atoms with Gasteiger partial charge < -0.3 is 30.3 Å². The monoisotopic (exact) mass is 610 g/mol. The molecule has 13 nitrogen and oxygen atoms in total. The summed E-state index contributed by atoms with van der Waals surface area (Å²) in [7, 11) is 0. The van der Waals surface area contributed by atoms with Gasteiger partial charge in [-0.05, 0) is 56.7 Å². The molecule has 4 aromatic rings. The van der Waals surface area contributed by atoms with Crippen molar-refractivity contribution < 1.29 is 24.2 Å². The molecule has 0 radical (unpaired) electrons. The summed E-state index contributed by atoms with van der Waals surface area (Å²) < 4.78 is 5.51. The maximum Gasteiger partial charge on any atom is 0.410 e. The molecule has 232 valence electrons. The number of carbonyl (C=O) groups is 3. The Labute approximate surface area is 260 Å². The fourth-order valence-electron chi connectivity index (χ4n) is 4.66. The molecule has 1 aliphatic rings. The predicted octanol–water partition coefficient (Wildman–Crippen LogP) is 4.61. The summed E-state index contributed by atoms with van der Waals surface area (Å²) in [5.74, 6) is 0.357. The number of ether oxygens (including phenoxy) is 1. The third-order valence-corrected chi connectivity index (χ3v) is 6.79. The lowest BCUT2D eigenvalue weighted by Crippen LogP contribution is -2.50. The number of pyridine rings is 2. The van der Waals surface area contributed by atoms with Crippen molar-refractivity contribution in [3.8, 4) is 11.3 Å². The average Bonchev–Trinajstić information content (AvgIpc) is 3.01. The number of carboxylic acids is 1. The van der Waals surface area contributed by atoms with Crippen LogP contribution in [0.5, 0.6) is 0 Å². The second-order valence-corrected chi connectivity index (χ2v) is 11.4. The molecule has 3 N–H and O–H groups in total. The fourth-order valence-corrected chi connectivity index (χ4v) is 4.66. The van der Waals surface area contributed by atoms with Crippen molar-refractivity contribution in [1.82, 2.24) is 24.8 Å². The lowest BCUT2D eigenvalue weighted by Gasteiger charge is -2.36. The van der Waals surface area contributed by atoms with Gasteiger partial charge in [0, 0.05) is 62.1 Å². The Balaban J connectivity index is 1.35. The molecule has 0 atom stereocenters. The van der Waals surface area contributed by atoms with E-state index in [1.165, 1.54) is 12.1 Å². The number of hydrogen-bond donors (Lipinski definition) is 3. The van der Waals surface area contributed by atoms with Gasteiger partial charge in [0.1, 0.15) is 23.1 Å². The van der Waals surface area contributed by atoms with Crippen LogP contribution in [0.4, 0.5) is 27.9 Å². The SMILES string of the molecule is CC(C)(C)OC(=O)N1CCN(c2cc(-c3cc(NC(=O)Cc4ccc(C(=O)O)cc4)cc(Nc4cnccn4)n3)ccn2)CC1. The summed E-state index contributed by atoms with van der Waals surface area (Å²) in [6, 6.07) is 13.4. The Morgan fingerprint density at radius 3 is 2.33 bits per heavy atom. The molecule has 5 rings (SSSR count). The second-order valence-electron chi connectivity index (χ2n) is 11.4. The first-order valence-electron chi connectivity index (χ1n) is 14.4. The fraction of sp³-hybridized carbons (Fsp3) is 0.281. The van der Waals surface area contributed by atoms with E-state index in [-0.39, 0.29) is 24.0 Å². The topological polar surface area (TPSA) is 163 Å². The van der Waals surface area contributed by atoms with E-state index < -0.39 is 11.6 Å². The van der Waals surface area contributed by atoms with Crippen LogP contribution in [0.3, 0.4) is 0 Å². The minimum atomic E-state index is -1.03. The Morgan fingerprint density at radius 2 is 1.67 bits per heavy atom. The summed E-state index contributed by atoms with van der Waals surface area (Å²) in [5, 5.41) is 15.2. The van der Waals surface area contributed by atoms with Gasteiger partial charge in [0.25, 0.3) is 0 Å². The molecule has 0 aliphatic carbocycles. The average molecular weight is 611 g/mol. The van der Waals surface area contributed by atoms with E-state index in [2.05, 4.69) is 30.5 Å². The van der Waals surface area contributed by atoms with Gasteiger partial charge in [-0.2, -0.15) is 0 Å². The van der Waals surface area contributed by atoms with Gasteiger partial charge in [-0.3, -0.25) is 9.78 Å². The first-order valence-corrected chi connectivity index (χ1v) is 14.4. The highest BCUT2D eigenvalue weighted by atomic mass is 16.6. The van der Waals surface area contributed by atoms with Crippen LogP contribution in [0, 0.1) is 0 Å².